The van der Waals surface area contributed by atoms with Gasteiger partial charge in [0.15, 0.2) is 0 Å². The molecule has 0 bridgehead atoms. The van der Waals surface area contributed by atoms with Gasteiger partial charge in [0, 0.05) is 10.9 Å². The SMILES string of the molecule is CNC(CCc1ccccc1)c1ccsc1C. The molecule has 0 saturated carbocycles. The Morgan fingerprint density at radius 2 is 1.94 bits per heavy atom. The van der Waals surface area contributed by atoms with Crippen molar-refractivity contribution in [3.63, 3.8) is 0 Å². The molecule has 0 saturated heterocycles. The van der Waals surface area contributed by atoms with E-state index in [0.29, 0.717) is 6.04 Å². The fraction of sp³-hybridized carbons (Fsp3) is 0.333. The Morgan fingerprint density at radius 1 is 1.18 bits per heavy atom. The van der Waals surface area contributed by atoms with Crippen molar-refractivity contribution in [2.24, 2.45) is 0 Å². The molecule has 0 fully saturated rings. The van der Waals surface area contributed by atoms with E-state index >= 15 is 0 Å². The van der Waals surface area contributed by atoms with Gasteiger partial charge in [0.1, 0.15) is 0 Å². The number of thiophene rings is 1. The summed E-state index contributed by atoms with van der Waals surface area (Å²) in [6, 6.07) is 13.4. The third-order valence-electron chi connectivity index (χ3n) is 3.19. The van der Waals surface area contributed by atoms with E-state index in [1.165, 1.54) is 16.0 Å². The number of rotatable bonds is 5. The van der Waals surface area contributed by atoms with Crippen LogP contribution in [0.1, 0.15) is 28.5 Å². The zero-order valence-electron chi connectivity index (χ0n) is 10.4. The Morgan fingerprint density at radius 3 is 2.53 bits per heavy atom. The minimum absolute atomic E-state index is 0.474. The standard InChI is InChI=1S/C15H19NS/c1-12-14(10-11-17-12)15(16-2)9-8-13-6-4-3-5-7-13/h3-7,10-11,15-16H,8-9H2,1-2H3. The van der Waals surface area contributed by atoms with E-state index in [-0.39, 0.29) is 0 Å². The van der Waals surface area contributed by atoms with E-state index < -0.39 is 0 Å². The summed E-state index contributed by atoms with van der Waals surface area (Å²) in [5.74, 6) is 0. The first kappa shape index (κ1) is 12.3. The van der Waals surface area contributed by atoms with E-state index in [4.69, 9.17) is 0 Å². The van der Waals surface area contributed by atoms with Crippen LogP contribution < -0.4 is 5.32 Å². The highest BCUT2D eigenvalue weighted by atomic mass is 32.1. The predicted molar refractivity (Wildman–Crippen MR) is 75.6 cm³/mol. The predicted octanol–water partition coefficient (Wildman–Crippen LogP) is 3.95. The lowest BCUT2D eigenvalue weighted by Gasteiger charge is -2.16. The van der Waals surface area contributed by atoms with Gasteiger partial charge in [0.25, 0.3) is 0 Å². The third kappa shape index (κ3) is 3.18. The molecule has 0 aliphatic heterocycles. The minimum Gasteiger partial charge on any atom is -0.313 e. The molecule has 17 heavy (non-hydrogen) atoms. The molecule has 0 aliphatic carbocycles. The molecule has 1 aromatic carbocycles. The Labute approximate surface area is 108 Å². The van der Waals surface area contributed by atoms with Crippen molar-refractivity contribution in [2.45, 2.75) is 25.8 Å². The zero-order valence-corrected chi connectivity index (χ0v) is 11.3. The van der Waals surface area contributed by atoms with Gasteiger partial charge in [0.2, 0.25) is 0 Å². The number of nitrogens with one attached hydrogen (secondary N) is 1. The molecule has 90 valence electrons. The molecule has 0 amide bonds. The second-order valence-electron chi connectivity index (χ2n) is 4.30. The van der Waals surface area contributed by atoms with E-state index in [2.05, 4.69) is 54.0 Å². The first-order valence-electron chi connectivity index (χ1n) is 6.06. The Bertz CT molecular complexity index is 447. The van der Waals surface area contributed by atoms with E-state index in [1.807, 2.05) is 18.4 Å². The smallest absolute Gasteiger partial charge is 0.0331 e. The molecule has 0 radical (unpaired) electrons. The van der Waals surface area contributed by atoms with Gasteiger partial charge in [-0.3, -0.25) is 0 Å². The Hall–Kier alpha value is -1.12. The van der Waals surface area contributed by atoms with E-state index in [1.54, 1.807) is 0 Å². The molecule has 2 rings (SSSR count). The molecule has 0 spiro atoms. The summed E-state index contributed by atoms with van der Waals surface area (Å²) in [5, 5.41) is 5.60. The van der Waals surface area contributed by atoms with Gasteiger partial charge in [-0.15, -0.1) is 11.3 Å². The van der Waals surface area contributed by atoms with E-state index in [9.17, 15) is 0 Å². The maximum atomic E-state index is 3.42. The Kier molecular flexibility index (Phi) is 4.35. The molecular weight excluding hydrogens is 226 g/mol. The first-order valence-corrected chi connectivity index (χ1v) is 6.94. The second kappa shape index (κ2) is 5.99. The van der Waals surface area contributed by atoms with Crippen LogP contribution in [0.25, 0.3) is 0 Å². The highest BCUT2D eigenvalue weighted by Crippen LogP contribution is 2.25. The van der Waals surface area contributed by atoms with E-state index in [0.717, 1.165) is 12.8 Å². The van der Waals surface area contributed by atoms with Crippen molar-refractivity contribution in [2.75, 3.05) is 7.05 Å². The molecule has 2 heteroatoms. The van der Waals surface area contributed by atoms with Crippen molar-refractivity contribution in [1.82, 2.24) is 5.32 Å². The number of hydrogen-bond donors (Lipinski definition) is 1. The summed E-state index contributed by atoms with van der Waals surface area (Å²) >= 11 is 1.83. The Balaban J connectivity index is 2.00. The van der Waals surface area contributed by atoms with Crippen LogP contribution in [0.3, 0.4) is 0 Å². The van der Waals surface area contributed by atoms with Crippen molar-refractivity contribution >= 4 is 11.3 Å². The average molecular weight is 245 g/mol. The lowest BCUT2D eigenvalue weighted by molar-refractivity contribution is 0.549. The monoisotopic (exact) mass is 245 g/mol. The molecule has 1 unspecified atom stereocenters. The van der Waals surface area contributed by atoms with Crippen LogP contribution in [0, 0.1) is 6.92 Å². The third-order valence-corrected chi connectivity index (χ3v) is 4.05. The van der Waals surface area contributed by atoms with Crippen LogP contribution in [0.5, 0.6) is 0 Å². The van der Waals surface area contributed by atoms with Crippen molar-refractivity contribution < 1.29 is 0 Å². The minimum atomic E-state index is 0.474. The van der Waals surface area contributed by atoms with Gasteiger partial charge in [-0.05, 0) is 49.4 Å². The fourth-order valence-corrected chi connectivity index (χ4v) is 2.93. The maximum Gasteiger partial charge on any atom is 0.0331 e. The lowest BCUT2D eigenvalue weighted by atomic mass is 10.00. The number of hydrogen-bond acceptors (Lipinski definition) is 2. The largest absolute Gasteiger partial charge is 0.313 e. The van der Waals surface area contributed by atoms with Crippen molar-refractivity contribution in [1.29, 1.82) is 0 Å². The molecular formula is C15H19NS. The normalized spacial score (nSPS) is 12.6. The van der Waals surface area contributed by atoms with Gasteiger partial charge in [-0.2, -0.15) is 0 Å². The van der Waals surface area contributed by atoms with Crippen molar-refractivity contribution in [3.05, 3.63) is 57.8 Å². The molecule has 2 aromatic rings. The molecule has 0 aliphatic rings. The van der Waals surface area contributed by atoms with Crippen LogP contribution in [-0.4, -0.2) is 7.05 Å². The number of aryl methyl sites for hydroxylation is 2. The second-order valence-corrected chi connectivity index (χ2v) is 5.42. The van der Waals surface area contributed by atoms with Gasteiger partial charge >= 0.3 is 0 Å². The molecule has 1 heterocycles. The van der Waals surface area contributed by atoms with Crippen LogP contribution in [0.4, 0.5) is 0 Å². The van der Waals surface area contributed by atoms with Gasteiger partial charge < -0.3 is 5.32 Å². The first-order chi connectivity index (χ1) is 8.31. The summed E-state index contributed by atoms with van der Waals surface area (Å²) in [5.41, 5.74) is 2.87. The molecule has 1 atom stereocenters. The zero-order chi connectivity index (χ0) is 12.1. The van der Waals surface area contributed by atoms with Crippen LogP contribution in [-0.2, 0) is 6.42 Å². The highest BCUT2D eigenvalue weighted by Gasteiger charge is 2.12. The average Bonchev–Trinajstić information content (AvgIpc) is 2.78. The summed E-state index contributed by atoms with van der Waals surface area (Å²) in [6.07, 6.45) is 2.28. The lowest BCUT2D eigenvalue weighted by Crippen LogP contribution is -2.17. The van der Waals surface area contributed by atoms with Gasteiger partial charge in [-0.1, -0.05) is 30.3 Å². The van der Waals surface area contributed by atoms with Crippen molar-refractivity contribution in [3.8, 4) is 0 Å². The highest BCUT2D eigenvalue weighted by molar-refractivity contribution is 7.10. The quantitative estimate of drug-likeness (QED) is 0.841. The van der Waals surface area contributed by atoms with Gasteiger partial charge in [0.05, 0.1) is 0 Å². The van der Waals surface area contributed by atoms with Crippen LogP contribution in [0.15, 0.2) is 41.8 Å². The maximum absolute atomic E-state index is 3.42. The molecule has 1 aromatic heterocycles. The summed E-state index contributed by atoms with van der Waals surface area (Å²) < 4.78 is 0. The number of benzene rings is 1. The van der Waals surface area contributed by atoms with Crippen LogP contribution in [0.2, 0.25) is 0 Å². The van der Waals surface area contributed by atoms with Crippen LogP contribution >= 0.6 is 11.3 Å². The molecule has 1 N–H and O–H groups in total. The fourth-order valence-electron chi connectivity index (χ4n) is 2.17. The summed E-state index contributed by atoms with van der Waals surface area (Å²) in [7, 11) is 2.05. The topological polar surface area (TPSA) is 12.0 Å². The molecule has 1 nitrogen and oxygen atoms in total. The summed E-state index contributed by atoms with van der Waals surface area (Å²) in [4.78, 5) is 1.43. The summed E-state index contributed by atoms with van der Waals surface area (Å²) in [6.45, 7) is 2.20. The van der Waals surface area contributed by atoms with Gasteiger partial charge in [-0.25, -0.2) is 0 Å².